The Morgan fingerprint density at radius 3 is 2.11 bits per heavy atom. The van der Waals surface area contributed by atoms with E-state index in [1.165, 1.54) is 17.0 Å². The Morgan fingerprint density at radius 2 is 1.48 bits per heavy atom. The lowest BCUT2D eigenvalue weighted by Gasteiger charge is -2.34. The molecule has 0 bridgehead atoms. The molecule has 1 atom stereocenters. The molecule has 0 radical (unpaired) electrons. The molecule has 0 fully saturated rings. The van der Waals surface area contributed by atoms with Crippen molar-refractivity contribution in [1.29, 1.82) is 0 Å². The van der Waals surface area contributed by atoms with Crippen LogP contribution in [0.4, 0.5) is 5.69 Å². The summed E-state index contributed by atoms with van der Waals surface area (Å²) in [5.74, 6) is -0.232. The van der Waals surface area contributed by atoms with Crippen molar-refractivity contribution in [1.82, 2.24) is 10.2 Å². The third kappa shape index (κ3) is 7.85. The zero-order chi connectivity index (χ0) is 31.7. The van der Waals surface area contributed by atoms with Crippen LogP contribution in [0.2, 0.25) is 0 Å². The highest BCUT2D eigenvalue weighted by atomic mass is 32.2. The first kappa shape index (κ1) is 32.3. The number of nitrogens with zero attached hydrogens (tertiary/aromatic N) is 2. The number of benzene rings is 4. The third-order valence-corrected chi connectivity index (χ3v) is 9.29. The number of likely N-dealkylation sites (N-methyl/N-ethyl adjacent to an activating group) is 1. The molecular weight excluding hydrogens is 574 g/mol. The van der Waals surface area contributed by atoms with Crippen molar-refractivity contribution in [3.8, 4) is 5.75 Å². The highest BCUT2D eigenvalue weighted by Crippen LogP contribution is 2.27. The Kier molecular flexibility index (Phi) is 10.8. The largest absolute Gasteiger partial charge is 0.497 e. The number of sulfonamides is 1. The lowest BCUT2D eigenvalue weighted by molar-refractivity contribution is -0.140. The van der Waals surface area contributed by atoms with E-state index in [2.05, 4.69) is 5.32 Å². The molecule has 9 heteroatoms. The van der Waals surface area contributed by atoms with Crippen molar-refractivity contribution in [3.63, 3.8) is 0 Å². The second-order valence-electron chi connectivity index (χ2n) is 10.6. The highest BCUT2D eigenvalue weighted by Gasteiger charge is 2.34. The van der Waals surface area contributed by atoms with Crippen molar-refractivity contribution in [2.75, 3.05) is 24.5 Å². The van der Waals surface area contributed by atoms with Gasteiger partial charge in [0.05, 0.1) is 17.7 Å². The summed E-state index contributed by atoms with van der Waals surface area (Å²) in [4.78, 5) is 29.6. The molecule has 8 nitrogen and oxygen atoms in total. The van der Waals surface area contributed by atoms with Gasteiger partial charge in [0.25, 0.3) is 10.0 Å². The van der Waals surface area contributed by atoms with Gasteiger partial charge < -0.3 is 15.0 Å². The van der Waals surface area contributed by atoms with E-state index < -0.39 is 28.5 Å². The first-order valence-corrected chi connectivity index (χ1v) is 16.0. The molecule has 1 N–H and O–H groups in total. The van der Waals surface area contributed by atoms with Gasteiger partial charge in [-0.15, -0.1) is 0 Å². The number of carbonyl (C=O) groups excluding carboxylic acids is 2. The minimum absolute atomic E-state index is 0.0648. The Morgan fingerprint density at radius 1 is 0.818 bits per heavy atom. The standard InChI is InChI=1S/C35H39N3O5S/c1-5-36-35(40)33(23-28-13-8-6-9-14-28)37(24-29-15-12-16-31(22-29)43-4)34(39)25-38(30-20-19-26(2)27(3)21-30)44(41,42)32-17-10-7-11-18-32/h6-22,33H,5,23-25H2,1-4H3,(H,36,40)/t33-/m0/s1. The van der Waals surface area contributed by atoms with E-state index >= 15 is 0 Å². The molecule has 2 amide bonds. The molecule has 0 aliphatic carbocycles. The van der Waals surface area contributed by atoms with E-state index in [0.717, 1.165) is 26.6 Å². The van der Waals surface area contributed by atoms with Crippen LogP contribution >= 0.6 is 0 Å². The molecule has 0 spiro atoms. The number of rotatable bonds is 13. The summed E-state index contributed by atoms with van der Waals surface area (Å²) in [6, 6.07) is 29.2. The fourth-order valence-corrected chi connectivity index (χ4v) is 6.37. The summed E-state index contributed by atoms with van der Waals surface area (Å²) in [5.41, 5.74) is 3.86. The van der Waals surface area contributed by atoms with Crippen LogP contribution in [0.15, 0.2) is 108 Å². The normalized spacial score (nSPS) is 11.8. The molecule has 4 aromatic carbocycles. The van der Waals surface area contributed by atoms with Crippen LogP contribution in [0.3, 0.4) is 0 Å². The SMILES string of the molecule is CCNC(=O)[C@H](Cc1ccccc1)N(Cc1cccc(OC)c1)C(=O)CN(c1ccc(C)c(C)c1)S(=O)(=O)c1ccccc1. The third-order valence-electron chi connectivity index (χ3n) is 7.50. The van der Waals surface area contributed by atoms with Gasteiger partial charge in [0.15, 0.2) is 0 Å². The van der Waals surface area contributed by atoms with Crippen molar-refractivity contribution in [3.05, 3.63) is 125 Å². The van der Waals surface area contributed by atoms with Crippen LogP contribution in [0.25, 0.3) is 0 Å². The first-order chi connectivity index (χ1) is 21.1. The number of ether oxygens (including phenoxy) is 1. The quantitative estimate of drug-likeness (QED) is 0.221. The van der Waals surface area contributed by atoms with E-state index in [9.17, 15) is 18.0 Å². The van der Waals surface area contributed by atoms with Crippen LogP contribution in [0.5, 0.6) is 5.75 Å². The summed E-state index contributed by atoms with van der Waals surface area (Å²) in [7, 11) is -2.59. The Bertz CT molecular complexity index is 1680. The molecular formula is C35H39N3O5S. The average molecular weight is 614 g/mol. The maximum Gasteiger partial charge on any atom is 0.264 e. The number of amides is 2. The van der Waals surface area contributed by atoms with Gasteiger partial charge in [-0.3, -0.25) is 13.9 Å². The maximum absolute atomic E-state index is 14.5. The van der Waals surface area contributed by atoms with Crippen molar-refractivity contribution in [2.45, 2.75) is 44.7 Å². The molecule has 44 heavy (non-hydrogen) atoms. The average Bonchev–Trinajstić information content (AvgIpc) is 3.03. The summed E-state index contributed by atoms with van der Waals surface area (Å²) < 4.78 is 34.7. The van der Waals surface area contributed by atoms with E-state index in [0.29, 0.717) is 18.0 Å². The fourth-order valence-electron chi connectivity index (χ4n) is 4.94. The molecule has 0 unspecified atom stereocenters. The van der Waals surface area contributed by atoms with E-state index in [4.69, 9.17) is 4.74 Å². The Labute approximate surface area is 260 Å². The summed E-state index contributed by atoms with van der Waals surface area (Å²) >= 11 is 0. The smallest absolute Gasteiger partial charge is 0.264 e. The van der Waals surface area contributed by atoms with Gasteiger partial charge in [-0.1, -0.05) is 66.7 Å². The summed E-state index contributed by atoms with van der Waals surface area (Å²) in [6.45, 7) is 5.60. The summed E-state index contributed by atoms with van der Waals surface area (Å²) in [5, 5.41) is 2.87. The number of carbonyl (C=O) groups is 2. The first-order valence-electron chi connectivity index (χ1n) is 14.5. The number of nitrogens with one attached hydrogen (secondary N) is 1. The topological polar surface area (TPSA) is 96.0 Å². The van der Waals surface area contributed by atoms with Gasteiger partial charge in [-0.2, -0.15) is 0 Å². The van der Waals surface area contributed by atoms with E-state index in [1.807, 2.05) is 69.3 Å². The van der Waals surface area contributed by atoms with Gasteiger partial charge in [0.1, 0.15) is 18.3 Å². The van der Waals surface area contributed by atoms with Crippen molar-refractivity contribution < 1.29 is 22.7 Å². The minimum atomic E-state index is -4.15. The lowest BCUT2D eigenvalue weighted by Crippen LogP contribution is -2.53. The van der Waals surface area contributed by atoms with Crippen LogP contribution < -0.4 is 14.4 Å². The van der Waals surface area contributed by atoms with Crippen LogP contribution in [0, 0.1) is 13.8 Å². The lowest BCUT2D eigenvalue weighted by atomic mass is 10.0. The molecule has 0 aliphatic rings. The van der Waals surface area contributed by atoms with Gasteiger partial charge >= 0.3 is 0 Å². The summed E-state index contributed by atoms with van der Waals surface area (Å²) in [6.07, 6.45) is 0.247. The molecule has 0 aromatic heterocycles. The van der Waals surface area contributed by atoms with Crippen molar-refractivity contribution >= 4 is 27.5 Å². The number of anilines is 1. The van der Waals surface area contributed by atoms with Crippen molar-refractivity contribution in [2.24, 2.45) is 0 Å². The maximum atomic E-state index is 14.5. The van der Waals surface area contributed by atoms with Crippen LogP contribution in [-0.4, -0.2) is 51.4 Å². The van der Waals surface area contributed by atoms with E-state index in [1.54, 1.807) is 49.6 Å². The molecule has 4 rings (SSSR count). The second kappa shape index (κ2) is 14.7. The van der Waals surface area contributed by atoms with Gasteiger partial charge in [0.2, 0.25) is 11.8 Å². The Balaban J connectivity index is 1.81. The van der Waals surface area contributed by atoms with Gasteiger partial charge in [-0.25, -0.2) is 8.42 Å². The molecule has 0 aliphatic heterocycles. The molecule has 0 heterocycles. The van der Waals surface area contributed by atoms with Crippen LogP contribution in [0.1, 0.15) is 29.2 Å². The molecule has 230 valence electrons. The number of hydrogen-bond acceptors (Lipinski definition) is 5. The Hall–Kier alpha value is -4.63. The number of methoxy groups -OCH3 is 1. The predicted octanol–water partition coefficient (Wildman–Crippen LogP) is 5.28. The zero-order valence-electron chi connectivity index (χ0n) is 25.6. The molecule has 0 saturated carbocycles. The highest BCUT2D eigenvalue weighted by molar-refractivity contribution is 7.92. The number of hydrogen-bond donors (Lipinski definition) is 1. The molecule has 0 saturated heterocycles. The van der Waals surface area contributed by atoms with Gasteiger partial charge in [0, 0.05) is 19.5 Å². The predicted molar refractivity (Wildman–Crippen MR) is 173 cm³/mol. The molecule has 4 aromatic rings. The number of aryl methyl sites for hydroxylation is 2. The fraction of sp³-hybridized carbons (Fsp3) is 0.257. The van der Waals surface area contributed by atoms with Crippen LogP contribution in [-0.2, 0) is 32.6 Å². The van der Waals surface area contributed by atoms with E-state index in [-0.39, 0.29) is 23.8 Å². The minimum Gasteiger partial charge on any atom is -0.497 e. The van der Waals surface area contributed by atoms with Gasteiger partial charge in [-0.05, 0) is 79.4 Å². The monoisotopic (exact) mass is 613 g/mol. The second-order valence-corrected chi connectivity index (χ2v) is 12.4. The zero-order valence-corrected chi connectivity index (χ0v) is 26.4.